The van der Waals surface area contributed by atoms with Gasteiger partial charge in [-0.25, -0.2) is 4.79 Å². The van der Waals surface area contributed by atoms with Gasteiger partial charge in [0.1, 0.15) is 0 Å². The molecule has 17 heavy (non-hydrogen) atoms. The maximum Gasteiger partial charge on any atom is 0.334 e. The highest BCUT2D eigenvalue weighted by Gasteiger charge is 2.14. The molecule has 0 bridgehead atoms. The number of aliphatic carboxylic acids is 1. The van der Waals surface area contributed by atoms with Crippen molar-refractivity contribution in [2.45, 2.75) is 13.3 Å². The summed E-state index contributed by atoms with van der Waals surface area (Å²) in [5.74, 6) is -1.64. The summed E-state index contributed by atoms with van der Waals surface area (Å²) < 4.78 is 4.81. The van der Waals surface area contributed by atoms with Gasteiger partial charge in [-0.15, -0.1) is 0 Å². The van der Waals surface area contributed by atoms with Crippen molar-refractivity contribution < 1.29 is 19.4 Å². The predicted octanol–water partition coefficient (Wildman–Crippen LogP) is 2.11. The molecule has 0 aliphatic carbocycles. The summed E-state index contributed by atoms with van der Waals surface area (Å²) in [6.07, 6.45) is 1.19. The van der Waals surface area contributed by atoms with Gasteiger partial charge in [0.2, 0.25) is 0 Å². The molecule has 0 amide bonds. The predicted molar refractivity (Wildman–Crippen MR) is 63.3 cm³/mol. The Bertz CT molecular complexity index is 420. The van der Waals surface area contributed by atoms with Crippen LogP contribution in [0.2, 0.25) is 0 Å². The van der Waals surface area contributed by atoms with Crippen molar-refractivity contribution in [3.8, 4) is 0 Å². The number of carboxylic acid groups (broad SMARTS) is 1. The highest BCUT2D eigenvalue weighted by atomic mass is 16.5. The first-order valence-electron chi connectivity index (χ1n) is 5.28. The maximum atomic E-state index is 11.5. The van der Waals surface area contributed by atoms with Crippen LogP contribution in [0, 0.1) is 0 Å². The molecule has 0 atom stereocenters. The number of ether oxygens (including phenoxy) is 1. The summed E-state index contributed by atoms with van der Waals surface area (Å²) in [4.78, 5) is 22.2. The summed E-state index contributed by atoms with van der Waals surface area (Å²) >= 11 is 0. The van der Waals surface area contributed by atoms with E-state index in [-0.39, 0.29) is 18.6 Å². The molecular weight excluding hydrogens is 220 g/mol. The van der Waals surface area contributed by atoms with Crippen molar-refractivity contribution in [3.05, 3.63) is 41.5 Å². The Balaban J connectivity index is 2.93. The number of rotatable bonds is 5. The highest BCUT2D eigenvalue weighted by molar-refractivity contribution is 5.97. The number of hydrogen-bond donors (Lipinski definition) is 1. The fourth-order valence-corrected chi connectivity index (χ4v) is 1.32. The van der Waals surface area contributed by atoms with Crippen LogP contribution in [0.15, 0.2) is 35.9 Å². The molecule has 0 spiro atoms. The number of benzene rings is 1. The molecule has 0 aliphatic heterocycles. The average molecular weight is 234 g/mol. The van der Waals surface area contributed by atoms with Gasteiger partial charge in [0.25, 0.3) is 0 Å². The monoisotopic (exact) mass is 234 g/mol. The van der Waals surface area contributed by atoms with Gasteiger partial charge in [0.05, 0.1) is 13.0 Å². The van der Waals surface area contributed by atoms with E-state index in [0.717, 1.165) is 5.56 Å². The van der Waals surface area contributed by atoms with Gasteiger partial charge in [-0.2, -0.15) is 0 Å². The minimum atomic E-state index is -1.06. The summed E-state index contributed by atoms with van der Waals surface area (Å²) in [6.45, 7) is 1.91. The maximum absolute atomic E-state index is 11.5. The fraction of sp³-hybridized carbons (Fsp3) is 0.231. The molecule has 4 heteroatoms. The molecule has 0 aromatic heterocycles. The van der Waals surface area contributed by atoms with Crippen LogP contribution in [0.5, 0.6) is 0 Å². The second kappa shape index (κ2) is 6.48. The van der Waals surface area contributed by atoms with E-state index in [0.29, 0.717) is 0 Å². The van der Waals surface area contributed by atoms with Crippen molar-refractivity contribution in [2.24, 2.45) is 0 Å². The Labute approximate surface area is 99.5 Å². The van der Waals surface area contributed by atoms with Gasteiger partial charge in [-0.1, -0.05) is 30.3 Å². The van der Waals surface area contributed by atoms with Crippen LogP contribution >= 0.6 is 0 Å². The zero-order valence-corrected chi connectivity index (χ0v) is 9.55. The first-order chi connectivity index (χ1) is 8.13. The number of carbonyl (C=O) groups is 2. The zero-order chi connectivity index (χ0) is 12.7. The molecule has 1 aromatic carbocycles. The number of carboxylic acids is 1. The SMILES string of the molecule is CCOC(=O)C(=Cc1ccccc1)CC(=O)O. The standard InChI is InChI=1S/C13H14O4/c1-2-17-13(16)11(9-12(14)15)8-10-6-4-3-5-7-10/h3-8H,2,9H2,1H3,(H,14,15). The topological polar surface area (TPSA) is 63.6 Å². The van der Waals surface area contributed by atoms with E-state index in [1.165, 1.54) is 6.08 Å². The molecule has 0 radical (unpaired) electrons. The lowest BCUT2D eigenvalue weighted by Crippen LogP contribution is -2.11. The Morgan fingerprint density at radius 2 is 1.94 bits per heavy atom. The first kappa shape index (κ1) is 13.0. The smallest absolute Gasteiger partial charge is 0.334 e. The van der Waals surface area contributed by atoms with Crippen LogP contribution in [0.25, 0.3) is 6.08 Å². The normalized spacial score (nSPS) is 11.0. The summed E-state index contributed by atoms with van der Waals surface area (Å²) in [5, 5.41) is 8.73. The molecule has 1 aromatic rings. The molecular formula is C13H14O4. The van der Waals surface area contributed by atoms with Crippen LogP contribution in [-0.2, 0) is 14.3 Å². The van der Waals surface area contributed by atoms with Crippen molar-refractivity contribution in [1.29, 1.82) is 0 Å². The molecule has 0 saturated heterocycles. The summed E-state index contributed by atoms with van der Waals surface area (Å²) in [7, 11) is 0. The molecule has 0 saturated carbocycles. The van der Waals surface area contributed by atoms with Crippen molar-refractivity contribution >= 4 is 18.0 Å². The lowest BCUT2D eigenvalue weighted by Gasteiger charge is -2.04. The van der Waals surface area contributed by atoms with Crippen LogP contribution in [-0.4, -0.2) is 23.7 Å². The molecule has 90 valence electrons. The summed E-state index contributed by atoms with van der Waals surface area (Å²) in [6, 6.07) is 9.06. The Kier molecular flexibility index (Phi) is 4.94. The van der Waals surface area contributed by atoms with E-state index in [1.807, 2.05) is 18.2 Å². The van der Waals surface area contributed by atoms with Crippen LogP contribution in [0.4, 0.5) is 0 Å². The minimum absolute atomic E-state index is 0.144. The van der Waals surface area contributed by atoms with Crippen LogP contribution in [0.3, 0.4) is 0 Å². The lowest BCUT2D eigenvalue weighted by atomic mass is 10.1. The Morgan fingerprint density at radius 1 is 1.29 bits per heavy atom. The fourth-order valence-electron chi connectivity index (χ4n) is 1.32. The zero-order valence-electron chi connectivity index (χ0n) is 9.55. The lowest BCUT2D eigenvalue weighted by molar-refractivity contribution is -0.142. The van der Waals surface area contributed by atoms with E-state index in [1.54, 1.807) is 19.1 Å². The van der Waals surface area contributed by atoms with Crippen molar-refractivity contribution in [1.82, 2.24) is 0 Å². The second-order valence-electron chi connectivity index (χ2n) is 3.37. The third kappa shape index (κ3) is 4.51. The van der Waals surface area contributed by atoms with E-state index >= 15 is 0 Å². The molecule has 4 nitrogen and oxygen atoms in total. The third-order valence-corrected chi connectivity index (χ3v) is 2.02. The van der Waals surface area contributed by atoms with Gasteiger partial charge >= 0.3 is 11.9 Å². The summed E-state index contributed by atoms with van der Waals surface area (Å²) in [5.41, 5.74) is 0.919. The van der Waals surface area contributed by atoms with Gasteiger partial charge in [0, 0.05) is 5.57 Å². The van der Waals surface area contributed by atoms with Crippen molar-refractivity contribution in [2.75, 3.05) is 6.61 Å². The van der Waals surface area contributed by atoms with Gasteiger partial charge < -0.3 is 9.84 Å². The number of carbonyl (C=O) groups excluding carboxylic acids is 1. The van der Waals surface area contributed by atoms with Gasteiger partial charge in [-0.05, 0) is 18.6 Å². The quantitative estimate of drug-likeness (QED) is 0.626. The van der Waals surface area contributed by atoms with Gasteiger partial charge in [-0.3, -0.25) is 4.79 Å². The molecule has 0 fully saturated rings. The number of hydrogen-bond acceptors (Lipinski definition) is 3. The van der Waals surface area contributed by atoms with E-state index in [9.17, 15) is 9.59 Å². The average Bonchev–Trinajstić information content (AvgIpc) is 2.29. The molecule has 1 N–H and O–H groups in total. The van der Waals surface area contributed by atoms with E-state index < -0.39 is 11.9 Å². The minimum Gasteiger partial charge on any atom is -0.481 e. The molecule has 0 heterocycles. The molecule has 0 unspecified atom stereocenters. The third-order valence-electron chi connectivity index (χ3n) is 2.02. The Morgan fingerprint density at radius 3 is 2.47 bits per heavy atom. The first-order valence-corrected chi connectivity index (χ1v) is 5.28. The number of esters is 1. The Hall–Kier alpha value is -2.10. The van der Waals surface area contributed by atoms with Crippen molar-refractivity contribution in [3.63, 3.8) is 0 Å². The van der Waals surface area contributed by atoms with Crippen LogP contribution in [0.1, 0.15) is 18.9 Å². The largest absolute Gasteiger partial charge is 0.481 e. The van der Waals surface area contributed by atoms with Gasteiger partial charge in [0.15, 0.2) is 0 Å². The van der Waals surface area contributed by atoms with E-state index in [2.05, 4.69) is 0 Å². The molecule has 0 aliphatic rings. The highest BCUT2D eigenvalue weighted by Crippen LogP contribution is 2.11. The molecule has 1 rings (SSSR count). The van der Waals surface area contributed by atoms with E-state index in [4.69, 9.17) is 9.84 Å². The van der Waals surface area contributed by atoms with Crippen LogP contribution < -0.4 is 0 Å². The second-order valence-corrected chi connectivity index (χ2v) is 3.37.